The van der Waals surface area contributed by atoms with Crippen molar-refractivity contribution in [3.8, 4) is 5.69 Å². The molecule has 3 rings (SSSR count). The lowest BCUT2D eigenvalue weighted by atomic mass is 10.1. The average Bonchev–Trinajstić information content (AvgIpc) is 2.91. The molecule has 25 heavy (non-hydrogen) atoms. The number of benzene rings is 2. The molecule has 6 heteroatoms. The van der Waals surface area contributed by atoms with Gasteiger partial charge >= 0.3 is 5.97 Å². The zero-order chi connectivity index (χ0) is 17.8. The molecule has 0 saturated carbocycles. The number of carbonyl (C=O) groups is 1. The second-order valence-electron chi connectivity index (χ2n) is 5.59. The normalized spacial score (nSPS) is 11.5. The summed E-state index contributed by atoms with van der Waals surface area (Å²) in [6.45, 7) is 1.70. The first-order chi connectivity index (χ1) is 12.1. The Balaban J connectivity index is 2.03. The van der Waals surface area contributed by atoms with Crippen LogP contribution in [0.3, 0.4) is 0 Å². The van der Waals surface area contributed by atoms with E-state index in [0.29, 0.717) is 11.4 Å². The lowest BCUT2D eigenvalue weighted by molar-refractivity contribution is -0.129. The number of aliphatic imine (C=N–C) groups is 1. The maximum absolute atomic E-state index is 12.6. The number of carboxylic acids is 1. The number of hydrogen-bond acceptors (Lipinski definition) is 3. The zero-order valence-electron chi connectivity index (χ0n) is 13.6. The Morgan fingerprint density at radius 2 is 1.68 bits per heavy atom. The van der Waals surface area contributed by atoms with E-state index in [1.807, 2.05) is 48.5 Å². The molecule has 3 aromatic rings. The lowest BCUT2D eigenvalue weighted by Crippen LogP contribution is -2.18. The van der Waals surface area contributed by atoms with E-state index >= 15 is 0 Å². The Hall–Kier alpha value is -3.41. The number of nitrogens with zero attached hydrogens (tertiary/aromatic N) is 2. The molecule has 0 aliphatic carbocycles. The van der Waals surface area contributed by atoms with E-state index in [4.69, 9.17) is 0 Å². The molecule has 0 bridgehead atoms. The number of H-pyrrole nitrogens is 1. The van der Waals surface area contributed by atoms with Crippen LogP contribution in [0.25, 0.3) is 5.69 Å². The van der Waals surface area contributed by atoms with Crippen molar-refractivity contribution in [3.63, 3.8) is 0 Å². The van der Waals surface area contributed by atoms with Crippen LogP contribution in [0.4, 0.5) is 5.69 Å². The number of carboxylic acid groups (broad SMARTS) is 1. The van der Waals surface area contributed by atoms with Crippen molar-refractivity contribution in [2.24, 2.45) is 4.99 Å². The number of aromatic amines is 1. The number of aliphatic carboxylic acids is 1. The quantitative estimate of drug-likeness (QED) is 0.703. The maximum atomic E-state index is 12.6. The molecule has 0 atom stereocenters. The Morgan fingerprint density at radius 1 is 1.08 bits per heavy atom. The van der Waals surface area contributed by atoms with Crippen molar-refractivity contribution in [3.05, 3.63) is 82.3 Å². The van der Waals surface area contributed by atoms with Crippen LogP contribution in [0.2, 0.25) is 0 Å². The van der Waals surface area contributed by atoms with E-state index in [-0.39, 0.29) is 23.4 Å². The van der Waals surface area contributed by atoms with Crippen LogP contribution in [-0.2, 0) is 11.2 Å². The summed E-state index contributed by atoms with van der Waals surface area (Å²) < 4.78 is 1.36. The minimum Gasteiger partial charge on any atom is -0.477 e. The summed E-state index contributed by atoms with van der Waals surface area (Å²) >= 11 is 0. The summed E-state index contributed by atoms with van der Waals surface area (Å²) in [5.41, 5.74) is 1.65. The summed E-state index contributed by atoms with van der Waals surface area (Å²) in [5.74, 6) is -1.14. The Bertz CT molecular complexity index is 970. The SMILES string of the molecule is Cc1[nH]n(-c2ccccc2)c(=O)c1N=C(Cc1ccccc1)C(=O)O. The van der Waals surface area contributed by atoms with Crippen molar-refractivity contribution < 1.29 is 9.90 Å². The molecule has 0 fully saturated rings. The predicted molar refractivity (Wildman–Crippen MR) is 96.0 cm³/mol. The molecule has 0 unspecified atom stereocenters. The fourth-order valence-corrected chi connectivity index (χ4v) is 2.52. The van der Waals surface area contributed by atoms with Gasteiger partial charge in [-0.15, -0.1) is 0 Å². The van der Waals surface area contributed by atoms with E-state index in [0.717, 1.165) is 5.56 Å². The van der Waals surface area contributed by atoms with Crippen molar-refractivity contribution >= 4 is 17.4 Å². The second kappa shape index (κ2) is 7.00. The number of nitrogens with one attached hydrogen (secondary N) is 1. The van der Waals surface area contributed by atoms with Gasteiger partial charge in [0.1, 0.15) is 5.71 Å². The molecule has 2 N–H and O–H groups in total. The van der Waals surface area contributed by atoms with Gasteiger partial charge in [0.05, 0.1) is 11.4 Å². The van der Waals surface area contributed by atoms with Gasteiger partial charge in [-0.1, -0.05) is 48.5 Å². The lowest BCUT2D eigenvalue weighted by Gasteiger charge is -2.01. The monoisotopic (exact) mass is 335 g/mol. The number of para-hydroxylation sites is 1. The molecule has 0 amide bonds. The van der Waals surface area contributed by atoms with E-state index in [1.54, 1.807) is 19.1 Å². The van der Waals surface area contributed by atoms with Crippen molar-refractivity contribution in [1.82, 2.24) is 9.78 Å². The molecule has 0 saturated heterocycles. The molecular formula is C19H17N3O3. The third kappa shape index (κ3) is 3.58. The predicted octanol–water partition coefficient (Wildman–Crippen LogP) is 2.87. The van der Waals surface area contributed by atoms with Crippen molar-refractivity contribution in [2.75, 3.05) is 0 Å². The Labute approximate surface area is 144 Å². The van der Waals surface area contributed by atoms with E-state index in [2.05, 4.69) is 10.1 Å². The van der Waals surface area contributed by atoms with Gasteiger partial charge in [0.25, 0.3) is 5.56 Å². The van der Waals surface area contributed by atoms with Gasteiger partial charge in [-0.05, 0) is 24.6 Å². The number of hydrogen-bond donors (Lipinski definition) is 2. The van der Waals surface area contributed by atoms with Crippen molar-refractivity contribution in [1.29, 1.82) is 0 Å². The second-order valence-corrected chi connectivity index (χ2v) is 5.59. The summed E-state index contributed by atoms with van der Waals surface area (Å²) in [7, 11) is 0. The van der Waals surface area contributed by atoms with Crippen LogP contribution in [0.1, 0.15) is 11.3 Å². The minimum atomic E-state index is -1.14. The molecule has 126 valence electrons. The highest BCUT2D eigenvalue weighted by Crippen LogP contribution is 2.15. The Kier molecular flexibility index (Phi) is 4.61. The molecule has 0 spiro atoms. The van der Waals surface area contributed by atoms with Crippen LogP contribution in [-0.4, -0.2) is 26.6 Å². The van der Waals surface area contributed by atoms with Gasteiger partial charge in [0.2, 0.25) is 0 Å². The highest BCUT2D eigenvalue weighted by atomic mass is 16.4. The van der Waals surface area contributed by atoms with E-state index in [1.165, 1.54) is 4.68 Å². The molecule has 6 nitrogen and oxygen atoms in total. The number of rotatable bonds is 5. The molecule has 1 heterocycles. The third-order valence-corrected chi connectivity index (χ3v) is 3.76. The summed E-state index contributed by atoms with van der Waals surface area (Å²) in [4.78, 5) is 28.3. The van der Waals surface area contributed by atoms with Crippen molar-refractivity contribution in [2.45, 2.75) is 13.3 Å². The van der Waals surface area contributed by atoms with Gasteiger partial charge in [-0.25, -0.2) is 14.5 Å². The van der Waals surface area contributed by atoms with E-state index in [9.17, 15) is 14.7 Å². The largest absolute Gasteiger partial charge is 0.477 e. The highest BCUT2D eigenvalue weighted by Gasteiger charge is 2.16. The van der Waals surface area contributed by atoms with Gasteiger partial charge in [-0.3, -0.25) is 9.89 Å². The van der Waals surface area contributed by atoms with Crippen LogP contribution in [0, 0.1) is 6.92 Å². The standard InChI is InChI=1S/C19H17N3O3/c1-13-17(18(23)22(21-13)15-10-6-3-7-11-15)20-16(19(24)25)12-14-8-4-2-5-9-14/h2-11,21H,12H2,1H3,(H,24,25). The summed E-state index contributed by atoms with van der Waals surface area (Å²) in [6.07, 6.45) is 0.144. The first-order valence-corrected chi connectivity index (χ1v) is 7.78. The molecule has 1 aromatic heterocycles. The maximum Gasteiger partial charge on any atom is 0.350 e. The third-order valence-electron chi connectivity index (χ3n) is 3.76. The number of aromatic nitrogens is 2. The van der Waals surface area contributed by atoms with Gasteiger partial charge < -0.3 is 5.11 Å². The fraction of sp³-hybridized carbons (Fsp3) is 0.105. The van der Waals surface area contributed by atoms with Gasteiger partial charge in [0.15, 0.2) is 5.69 Å². The van der Waals surface area contributed by atoms with Crippen LogP contribution in [0.15, 0.2) is 70.5 Å². The summed E-state index contributed by atoms with van der Waals surface area (Å²) in [6, 6.07) is 18.2. The smallest absolute Gasteiger partial charge is 0.350 e. The van der Waals surface area contributed by atoms with Crippen LogP contribution in [0.5, 0.6) is 0 Å². The summed E-state index contributed by atoms with van der Waals surface area (Å²) in [5, 5.41) is 12.4. The molecule has 0 aliphatic rings. The van der Waals surface area contributed by atoms with E-state index < -0.39 is 5.97 Å². The molecule has 0 radical (unpaired) electrons. The highest BCUT2D eigenvalue weighted by molar-refractivity contribution is 6.36. The zero-order valence-corrected chi connectivity index (χ0v) is 13.6. The fourth-order valence-electron chi connectivity index (χ4n) is 2.52. The molecular weight excluding hydrogens is 318 g/mol. The molecule has 0 aliphatic heterocycles. The average molecular weight is 335 g/mol. The minimum absolute atomic E-state index is 0.0781. The molecule has 2 aromatic carbocycles. The van der Waals surface area contributed by atoms with Crippen LogP contribution < -0.4 is 5.56 Å². The topological polar surface area (TPSA) is 87.5 Å². The first-order valence-electron chi connectivity index (χ1n) is 7.78. The van der Waals surface area contributed by atoms with Gasteiger partial charge in [-0.2, -0.15) is 0 Å². The van der Waals surface area contributed by atoms with Gasteiger partial charge in [0, 0.05) is 6.42 Å². The van der Waals surface area contributed by atoms with Crippen LogP contribution >= 0.6 is 0 Å². The Morgan fingerprint density at radius 3 is 2.28 bits per heavy atom. The number of aryl methyl sites for hydroxylation is 1. The first kappa shape index (κ1) is 16.4.